The van der Waals surface area contributed by atoms with Crippen molar-refractivity contribution >= 4 is 22.9 Å². The van der Waals surface area contributed by atoms with Gasteiger partial charge in [-0.1, -0.05) is 6.07 Å². The van der Waals surface area contributed by atoms with Crippen molar-refractivity contribution in [3.05, 3.63) is 46.7 Å². The minimum atomic E-state index is -2.84. The van der Waals surface area contributed by atoms with Crippen molar-refractivity contribution in [2.45, 2.75) is 25.5 Å². The molecule has 0 unspecified atom stereocenters. The van der Waals surface area contributed by atoms with E-state index in [0.717, 1.165) is 19.4 Å². The van der Waals surface area contributed by atoms with Crippen LogP contribution in [0.15, 0.2) is 41.8 Å². The van der Waals surface area contributed by atoms with Gasteiger partial charge in [0.05, 0.1) is 12.6 Å². The van der Waals surface area contributed by atoms with E-state index in [4.69, 9.17) is 0 Å². The summed E-state index contributed by atoms with van der Waals surface area (Å²) >= 11 is 1.67. The third kappa shape index (κ3) is 4.03. The largest absolute Gasteiger partial charge is 0.435 e. The number of amides is 1. The molecule has 1 saturated heterocycles. The lowest BCUT2D eigenvalue weighted by Gasteiger charge is -2.24. The van der Waals surface area contributed by atoms with Crippen LogP contribution in [0.1, 0.15) is 23.8 Å². The van der Waals surface area contributed by atoms with Crippen LogP contribution in [0.5, 0.6) is 5.75 Å². The number of hydrogen-bond acceptors (Lipinski definition) is 4. The molecule has 1 amide bonds. The number of carbonyl (C=O) groups is 1. The number of nitrogens with zero attached hydrogens (tertiary/aromatic N) is 1. The molecule has 1 aliphatic heterocycles. The Bertz CT molecular complexity index is 662. The molecule has 1 atom stereocenters. The maximum Gasteiger partial charge on any atom is 0.387 e. The number of thiophene rings is 1. The van der Waals surface area contributed by atoms with Gasteiger partial charge in [0, 0.05) is 17.1 Å². The van der Waals surface area contributed by atoms with E-state index in [1.807, 2.05) is 16.3 Å². The molecule has 3 rings (SSSR count). The minimum Gasteiger partial charge on any atom is -0.435 e. The first-order valence-corrected chi connectivity index (χ1v) is 8.63. The summed E-state index contributed by atoms with van der Waals surface area (Å²) in [7, 11) is 0. The number of nitrogens with one attached hydrogen (secondary N) is 1. The second kappa shape index (κ2) is 7.61. The maximum absolute atomic E-state index is 12.5. The Morgan fingerprint density at radius 3 is 2.79 bits per heavy atom. The zero-order chi connectivity index (χ0) is 16.9. The number of likely N-dealkylation sites (tertiary alicyclic amines) is 1. The SMILES string of the molecule is O=C(CNc1ccc(OC(F)F)cc1)N1CCC[C@@H]1c1cccs1. The normalized spacial score (nSPS) is 17.3. The Morgan fingerprint density at radius 1 is 1.33 bits per heavy atom. The fraction of sp³-hybridized carbons (Fsp3) is 0.353. The smallest absolute Gasteiger partial charge is 0.387 e. The van der Waals surface area contributed by atoms with Gasteiger partial charge in [0.1, 0.15) is 5.75 Å². The number of ether oxygens (including phenoxy) is 1. The van der Waals surface area contributed by atoms with E-state index in [2.05, 4.69) is 16.1 Å². The number of carbonyl (C=O) groups excluding carboxylic acids is 1. The van der Waals surface area contributed by atoms with Gasteiger partial charge in [0.25, 0.3) is 0 Å². The molecule has 2 heterocycles. The standard InChI is InChI=1S/C17H18F2N2O2S/c18-17(19)23-13-7-5-12(6-8-13)20-11-16(22)21-9-1-3-14(21)15-4-2-10-24-15/h2,4-8,10,14,17,20H,1,3,9,11H2/t14-/m1/s1. The average Bonchev–Trinajstić information content (AvgIpc) is 3.24. The molecule has 1 aliphatic rings. The van der Waals surface area contributed by atoms with E-state index >= 15 is 0 Å². The molecule has 0 aliphatic carbocycles. The molecule has 1 aromatic carbocycles. The number of hydrogen-bond donors (Lipinski definition) is 1. The molecule has 7 heteroatoms. The predicted octanol–water partition coefficient (Wildman–Crippen LogP) is 4.13. The molecule has 0 radical (unpaired) electrons. The zero-order valence-corrected chi connectivity index (χ0v) is 13.8. The topological polar surface area (TPSA) is 41.6 Å². The van der Waals surface area contributed by atoms with E-state index in [1.54, 1.807) is 23.5 Å². The van der Waals surface area contributed by atoms with E-state index in [9.17, 15) is 13.6 Å². The first-order chi connectivity index (χ1) is 11.6. The molecule has 24 heavy (non-hydrogen) atoms. The molecule has 1 N–H and O–H groups in total. The maximum atomic E-state index is 12.5. The van der Waals surface area contributed by atoms with Gasteiger partial charge in [-0.05, 0) is 48.6 Å². The highest BCUT2D eigenvalue weighted by molar-refractivity contribution is 7.10. The van der Waals surface area contributed by atoms with Gasteiger partial charge < -0.3 is 15.0 Å². The number of anilines is 1. The summed E-state index contributed by atoms with van der Waals surface area (Å²) < 4.78 is 28.5. The fourth-order valence-corrected chi connectivity index (χ4v) is 3.75. The summed E-state index contributed by atoms with van der Waals surface area (Å²) in [6.07, 6.45) is 2.00. The van der Waals surface area contributed by atoms with Crippen LogP contribution >= 0.6 is 11.3 Å². The van der Waals surface area contributed by atoms with Gasteiger partial charge in [-0.15, -0.1) is 11.3 Å². The van der Waals surface area contributed by atoms with Crippen molar-refractivity contribution in [2.75, 3.05) is 18.4 Å². The molecule has 0 saturated carbocycles. The Balaban J connectivity index is 1.55. The number of rotatable bonds is 6. The summed E-state index contributed by atoms with van der Waals surface area (Å²) in [5.41, 5.74) is 0.692. The molecule has 0 spiro atoms. The average molecular weight is 352 g/mol. The quantitative estimate of drug-likeness (QED) is 0.850. The molecule has 0 bridgehead atoms. The lowest BCUT2D eigenvalue weighted by Crippen LogP contribution is -2.34. The van der Waals surface area contributed by atoms with Crippen LogP contribution in [0, 0.1) is 0 Å². The molecule has 1 fully saturated rings. The van der Waals surface area contributed by atoms with E-state index < -0.39 is 6.61 Å². The van der Waals surface area contributed by atoms with E-state index in [1.165, 1.54) is 17.0 Å². The highest BCUT2D eigenvalue weighted by atomic mass is 32.1. The molecule has 2 aromatic rings. The molecule has 128 valence electrons. The molecular formula is C17H18F2N2O2S. The minimum absolute atomic E-state index is 0.0406. The summed E-state index contributed by atoms with van der Waals surface area (Å²) in [6, 6.07) is 10.4. The van der Waals surface area contributed by atoms with E-state index in [-0.39, 0.29) is 24.2 Å². The third-order valence-electron chi connectivity index (χ3n) is 3.97. The number of halogens is 2. The van der Waals surface area contributed by atoms with Gasteiger partial charge in [-0.25, -0.2) is 0 Å². The zero-order valence-electron chi connectivity index (χ0n) is 13.0. The van der Waals surface area contributed by atoms with Crippen LogP contribution in [0.25, 0.3) is 0 Å². The van der Waals surface area contributed by atoms with Gasteiger partial charge in [-0.3, -0.25) is 4.79 Å². The van der Waals surface area contributed by atoms with Crippen LogP contribution in [0.2, 0.25) is 0 Å². The van der Waals surface area contributed by atoms with Crippen molar-refractivity contribution in [1.82, 2.24) is 4.90 Å². The van der Waals surface area contributed by atoms with Crippen molar-refractivity contribution in [1.29, 1.82) is 0 Å². The van der Waals surface area contributed by atoms with Crippen molar-refractivity contribution < 1.29 is 18.3 Å². The Kier molecular flexibility index (Phi) is 5.30. The van der Waals surface area contributed by atoms with Crippen LogP contribution in [-0.2, 0) is 4.79 Å². The van der Waals surface area contributed by atoms with Crippen LogP contribution in [0.3, 0.4) is 0 Å². The Labute approximate surface area is 143 Å². The monoisotopic (exact) mass is 352 g/mol. The Morgan fingerprint density at radius 2 is 2.12 bits per heavy atom. The van der Waals surface area contributed by atoms with Gasteiger partial charge in [0.15, 0.2) is 0 Å². The summed E-state index contributed by atoms with van der Waals surface area (Å²) in [5.74, 6) is 0.137. The molecular weight excluding hydrogens is 334 g/mol. The summed E-state index contributed by atoms with van der Waals surface area (Å²) in [5, 5.41) is 5.06. The van der Waals surface area contributed by atoms with Crippen LogP contribution in [-0.4, -0.2) is 30.5 Å². The predicted molar refractivity (Wildman–Crippen MR) is 89.6 cm³/mol. The number of benzene rings is 1. The molecule has 1 aromatic heterocycles. The highest BCUT2D eigenvalue weighted by Crippen LogP contribution is 2.34. The van der Waals surface area contributed by atoms with Gasteiger partial charge in [-0.2, -0.15) is 8.78 Å². The van der Waals surface area contributed by atoms with Gasteiger partial charge >= 0.3 is 6.61 Å². The lowest BCUT2D eigenvalue weighted by molar-refractivity contribution is -0.130. The fourth-order valence-electron chi connectivity index (χ4n) is 2.88. The lowest BCUT2D eigenvalue weighted by atomic mass is 10.2. The van der Waals surface area contributed by atoms with Crippen molar-refractivity contribution in [3.63, 3.8) is 0 Å². The van der Waals surface area contributed by atoms with Crippen LogP contribution in [0.4, 0.5) is 14.5 Å². The molecule has 4 nitrogen and oxygen atoms in total. The van der Waals surface area contributed by atoms with E-state index in [0.29, 0.717) is 5.69 Å². The first-order valence-electron chi connectivity index (χ1n) is 7.75. The second-order valence-corrected chi connectivity index (χ2v) is 6.50. The highest BCUT2D eigenvalue weighted by Gasteiger charge is 2.30. The van der Waals surface area contributed by atoms with Crippen molar-refractivity contribution in [3.8, 4) is 5.75 Å². The third-order valence-corrected chi connectivity index (χ3v) is 4.94. The number of alkyl halides is 2. The van der Waals surface area contributed by atoms with Crippen molar-refractivity contribution in [2.24, 2.45) is 0 Å². The summed E-state index contributed by atoms with van der Waals surface area (Å²) in [6.45, 7) is -1.89. The van der Waals surface area contributed by atoms with Gasteiger partial charge in [0.2, 0.25) is 5.91 Å². The Hall–Kier alpha value is -2.15. The first kappa shape index (κ1) is 16.7. The van der Waals surface area contributed by atoms with Crippen LogP contribution < -0.4 is 10.1 Å². The summed E-state index contributed by atoms with van der Waals surface area (Å²) in [4.78, 5) is 15.6. The second-order valence-electron chi connectivity index (χ2n) is 5.52.